The zero-order valence-electron chi connectivity index (χ0n) is 6.67. The first-order valence-electron chi connectivity index (χ1n) is 4.05. The van der Waals surface area contributed by atoms with E-state index in [2.05, 4.69) is 44.4 Å². The van der Waals surface area contributed by atoms with Gasteiger partial charge in [-0.3, -0.25) is 0 Å². The highest BCUT2D eigenvalue weighted by Crippen LogP contribution is 2.19. The third kappa shape index (κ3) is 1.01. The maximum atomic E-state index is 2.21. The van der Waals surface area contributed by atoms with E-state index in [1.54, 1.807) is 0 Å². The summed E-state index contributed by atoms with van der Waals surface area (Å²) in [6.45, 7) is 2.20. The standard InChI is InChI=1S/C10H10B/c1-2-8-7-11-10-6-4-3-5-9(8)10/h3-7H,2H2,1H3. The van der Waals surface area contributed by atoms with Gasteiger partial charge in [0.15, 0.2) is 7.28 Å². The first-order valence-corrected chi connectivity index (χ1v) is 4.05. The zero-order chi connectivity index (χ0) is 7.68. The maximum Gasteiger partial charge on any atom is 0.182 e. The molecule has 1 aromatic carbocycles. The molecule has 0 aliphatic carbocycles. The van der Waals surface area contributed by atoms with E-state index in [1.807, 2.05) is 0 Å². The van der Waals surface area contributed by atoms with Crippen molar-refractivity contribution in [2.75, 3.05) is 0 Å². The van der Waals surface area contributed by atoms with Gasteiger partial charge in [-0.25, -0.2) is 0 Å². The van der Waals surface area contributed by atoms with Gasteiger partial charge in [0.1, 0.15) is 0 Å². The molecule has 53 valence electrons. The van der Waals surface area contributed by atoms with Crippen molar-refractivity contribution in [3.63, 3.8) is 0 Å². The largest absolute Gasteiger partial charge is 0.182 e. The average molecular weight is 141 g/mol. The highest BCUT2D eigenvalue weighted by Gasteiger charge is 2.10. The Morgan fingerprint density at radius 2 is 2.09 bits per heavy atom. The van der Waals surface area contributed by atoms with E-state index in [4.69, 9.17) is 0 Å². The van der Waals surface area contributed by atoms with Gasteiger partial charge in [0.25, 0.3) is 0 Å². The van der Waals surface area contributed by atoms with Gasteiger partial charge >= 0.3 is 0 Å². The summed E-state index contributed by atoms with van der Waals surface area (Å²) in [5.74, 6) is 2.21. The van der Waals surface area contributed by atoms with E-state index >= 15 is 0 Å². The fourth-order valence-corrected chi connectivity index (χ4v) is 1.52. The molecule has 0 bridgehead atoms. The molecule has 1 heterocycles. The SMILES string of the molecule is CCC1=C[B]c2ccccc21. The second-order valence-corrected chi connectivity index (χ2v) is 2.80. The minimum Gasteiger partial charge on any atom is -0.113 e. The fourth-order valence-electron chi connectivity index (χ4n) is 1.52. The molecule has 0 spiro atoms. The molecule has 0 aromatic heterocycles. The lowest BCUT2D eigenvalue weighted by molar-refractivity contribution is 1.25. The normalized spacial score (nSPS) is 13.7. The lowest BCUT2D eigenvalue weighted by Crippen LogP contribution is -2.09. The summed E-state index contributed by atoms with van der Waals surface area (Å²) in [4.78, 5) is 0. The second kappa shape index (κ2) is 2.57. The first-order chi connectivity index (χ1) is 5.42. The van der Waals surface area contributed by atoms with Gasteiger partial charge in [0, 0.05) is 0 Å². The molecular weight excluding hydrogens is 131 g/mol. The summed E-state index contributed by atoms with van der Waals surface area (Å²) in [6.07, 6.45) is 1.13. The van der Waals surface area contributed by atoms with Crippen LogP contribution in [0.2, 0.25) is 0 Å². The van der Waals surface area contributed by atoms with E-state index < -0.39 is 0 Å². The Hall–Kier alpha value is -0.975. The molecular formula is C10H10B. The second-order valence-electron chi connectivity index (χ2n) is 2.80. The Kier molecular flexibility index (Phi) is 1.57. The van der Waals surface area contributed by atoms with Crippen LogP contribution in [0, 0.1) is 0 Å². The average Bonchev–Trinajstić information content (AvgIpc) is 2.47. The summed E-state index contributed by atoms with van der Waals surface area (Å²) in [5, 5.41) is 0. The lowest BCUT2D eigenvalue weighted by atomic mass is 9.73. The van der Waals surface area contributed by atoms with Crippen molar-refractivity contribution in [1.82, 2.24) is 0 Å². The van der Waals surface area contributed by atoms with Crippen LogP contribution in [0.3, 0.4) is 0 Å². The molecule has 0 unspecified atom stereocenters. The van der Waals surface area contributed by atoms with Crippen LogP contribution in [0.25, 0.3) is 5.57 Å². The fraction of sp³-hybridized carbons (Fsp3) is 0.200. The molecule has 1 heteroatoms. The van der Waals surface area contributed by atoms with Crippen molar-refractivity contribution >= 4 is 18.3 Å². The van der Waals surface area contributed by atoms with E-state index in [0.717, 1.165) is 6.42 Å². The van der Waals surface area contributed by atoms with Crippen molar-refractivity contribution in [2.45, 2.75) is 13.3 Å². The van der Waals surface area contributed by atoms with Crippen molar-refractivity contribution in [1.29, 1.82) is 0 Å². The van der Waals surface area contributed by atoms with Gasteiger partial charge in [0.2, 0.25) is 0 Å². The van der Waals surface area contributed by atoms with E-state index in [-0.39, 0.29) is 0 Å². The maximum absolute atomic E-state index is 2.21. The Labute approximate surface area is 68.2 Å². The molecule has 2 rings (SSSR count). The topological polar surface area (TPSA) is 0 Å². The van der Waals surface area contributed by atoms with Crippen LogP contribution in [0.1, 0.15) is 18.9 Å². The van der Waals surface area contributed by atoms with Gasteiger partial charge in [-0.05, 0) is 12.0 Å². The number of benzene rings is 1. The number of fused-ring (bicyclic) bond motifs is 1. The Balaban J connectivity index is 2.48. The van der Waals surface area contributed by atoms with E-state index in [1.165, 1.54) is 16.6 Å². The third-order valence-corrected chi connectivity index (χ3v) is 2.15. The van der Waals surface area contributed by atoms with Crippen LogP contribution in [0.4, 0.5) is 0 Å². The van der Waals surface area contributed by atoms with Crippen molar-refractivity contribution in [3.8, 4) is 0 Å². The molecule has 0 saturated carbocycles. The molecule has 0 saturated heterocycles. The van der Waals surface area contributed by atoms with Crippen LogP contribution in [0.15, 0.2) is 30.2 Å². The molecule has 1 radical (unpaired) electrons. The minimum atomic E-state index is 1.13. The number of hydrogen-bond acceptors (Lipinski definition) is 0. The van der Waals surface area contributed by atoms with Gasteiger partial charge in [-0.2, -0.15) is 0 Å². The summed E-state index contributed by atoms with van der Waals surface area (Å²) in [7, 11) is 2.19. The van der Waals surface area contributed by atoms with Gasteiger partial charge in [-0.1, -0.05) is 42.2 Å². The van der Waals surface area contributed by atoms with Crippen LogP contribution in [-0.2, 0) is 0 Å². The molecule has 1 aromatic rings. The monoisotopic (exact) mass is 141 g/mol. The number of hydrogen-bond donors (Lipinski definition) is 0. The summed E-state index contributed by atoms with van der Waals surface area (Å²) in [6, 6.07) is 8.53. The molecule has 0 atom stereocenters. The Bertz CT molecular complexity index is 299. The van der Waals surface area contributed by atoms with Crippen molar-refractivity contribution in [3.05, 3.63) is 35.8 Å². The highest BCUT2D eigenvalue weighted by molar-refractivity contribution is 6.63. The smallest absolute Gasteiger partial charge is 0.113 e. The van der Waals surface area contributed by atoms with Gasteiger partial charge in [-0.15, -0.1) is 5.98 Å². The summed E-state index contributed by atoms with van der Waals surface area (Å²) < 4.78 is 0. The predicted molar refractivity (Wildman–Crippen MR) is 50.1 cm³/mol. The van der Waals surface area contributed by atoms with Crippen LogP contribution in [-0.4, -0.2) is 7.28 Å². The Morgan fingerprint density at radius 1 is 1.27 bits per heavy atom. The highest BCUT2D eigenvalue weighted by atomic mass is 14.1. The minimum absolute atomic E-state index is 1.13. The van der Waals surface area contributed by atoms with E-state index in [0.29, 0.717) is 0 Å². The van der Waals surface area contributed by atoms with E-state index in [9.17, 15) is 0 Å². The van der Waals surface area contributed by atoms with Gasteiger partial charge in [0.05, 0.1) is 0 Å². The molecule has 1 aliphatic heterocycles. The molecule has 0 nitrogen and oxygen atoms in total. The van der Waals surface area contributed by atoms with Gasteiger partial charge < -0.3 is 0 Å². The molecule has 0 fully saturated rings. The lowest BCUT2D eigenvalue weighted by Gasteiger charge is -2.01. The predicted octanol–water partition coefficient (Wildman–Crippen LogP) is 1.78. The molecule has 11 heavy (non-hydrogen) atoms. The number of rotatable bonds is 1. The van der Waals surface area contributed by atoms with Crippen LogP contribution in [0.5, 0.6) is 0 Å². The zero-order valence-corrected chi connectivity index (χ0v) is 6.67. The quantitative estimate of drug-likeness (QED) is 0.523. The Morgan fingerprint density at radius 3 is 2.91 bits per heavy atom. The molecule has 0 N–H and O–H groups in total. The van der Waals surface area contributed by atoms with Crippen LogP contribution < -0.4 is 5.46 Å². The third-order valence-electron chi connectivity index (χ3n) is 2.15. The molecule has 1 aliphatic rings. The summed E-state index contributed by atoms with van der Waals surface area (Å²) >= 11 is 0. The first kappa shape index (κ1) is 6.72. The van der Waals surface area contributed by atoms with Crippen molar-refractivity contribution in [2.24, 2.45) is 0 Å². The van der Waals surface area contributed by atoms with Crippen molar-refractivity contribution < 1.29 is 0 Å². The number of allylic oxidation sites excluding steroid dienone is 1. The summed E-state index contributed by atoms with van der Waals surface area (Å²) in [5.41, 5.74) is 4.24. The molecule has 0 amide bonds. The van der Waals surface area contributed by atoms with Crippen LogP contribution >= 0.6 is 0 Å².